The molecule has 1 amide bonds. The van der Waals surface area contributed by atoms with Crippen molar-refractivity contribution in [2.45, 2.75) is 84.2 Å². The number of hydrogen-bond acceptors (Lipinski definition) is 6. The van der Waals surface area contributed by atoms with Crippen LogP contribution in [-0.2, 0) is 23.5 Å². The molecule has 1 aliphatic carbocycles. The van der Waals surface area contributed by atoms with Crippen LogP contribution in [0.2, 0.25) is 18.1 Å². The molecule has 292 valence electrons. The number of aryl methyl sites for hydroxylation is 1. The van der Waals surface area contributed by atoms with E-state index < -0.39 is 45.2 Å². The van der Waals surface area contributed by atoms with Gasteiger partial charge in [0.2, 0.25) is 5.91 Å². The van der Waals surface area contributed by atoms with Crippen LogP contribution in [0.1, 0.15) is 58.2 Å². The molecule has 3 aromatic carbocycles. The van der Waals surface area contributed by atoms with Crippen molar-refractivity contribution in [2.75, 3.05) is 6.61 Å². The predicted octanol–water partition coefficient (Wildman–Crippen LogP) is 8.23. The summed E-state index contributed by atoms with van der Waals surface area (Å²) in [6.07, 6.45) is 6.73. The van der Waals surface area contributed by atoms with E-state index in [4.69, 9.17) is 9.16 Å². The van der Waals surface area contributed by atoms with Crippen LogP contribution in [0.3, 0.4) is 0 Å². The van der Waals surface area contributed by atoms with E-state index in [0.29, 0.717) is 18.4 Å². The van der Waals surface area contributed by atoms with Crippen molar-refractivity contribution >= 4 is 60.3 Å². The zero-order valence-electron chi connectivity index (χ0n) is 33.8. The minimum atomic E-state index is -3.18. The Kier molecular flexibility index (Phi) is 12.3. The fourth-order valence-corrected chi connectivity index (χ4v) is 13.9. The van der Waals surface area contributed by atoms with Crippen LogP contribution in [0.15, 0.2) is 128 Å². The van der Waals surface area contributed by atoms with E-state index in [0.717, 1.165) is 33.6 Å². The van der Waals surface area contributed by atoms with E-state index in [1.165, 1.54) is 0 Å². The lowest BCUT2D eigenvalue weighted by atomic mass is 9.69. The first kappa shape index (κ1) is 41.0. The van der Waals surface area contributed by atoms with Crippen LogP contribution >= 0.6 is 6.89 Å². The van der Waals surface area contributed by atoms with Gasteiger partial charge < -0.3 is 14.1 Å². The minimum absolute atomic E-state index is 0.000354. The number of carbonyl (C=O) groups excluding carboxylic acids is 3. The molecule has 0 N–H and O–H groups in total. The van der Waals surface area contributed by atoms with Crippen molar-refractivity contribution in [3.8, 4) is 0 Å². The molecule has 0 unspecified atom stereocenters. The number of hydrogen-bond donors (Lipinski definition) is 0. The Morgan fingerprint density at radius 1 is 0.946 bits per heavy atom. The Hall–Kier alpha value is -4.62. The minimum Gasteiger partial charge on any atom is -0.457 e. The summed E-state index contributed by atoms with van der Waals surface area (Å²) in [5, 5.41) is 2.58. The Morgan fingerprint density at radius 3 is 2.00 bits per heavy atom. The van der Waals surface area contributed by atoms with Crippen molar-refractivity contribution < 1.29 is 23.5 Å². The first-order valence-corrected chi connectivity index (χ1v) is 24.3. The molecule has 4 atom stereocenters. The number of benzene rings is 3. The lowest BCUT2D eigenvalue weighted by Crippen LogP contribution is -2.72. The van der Waals surface area contributed by atoms with Gasteiger partial charge in [-0.05, 0) is 96.5 Å². The number of aromatic nitrogens is 1. The first-order chi connectivity index (χ1) is 26.7. The van der Waals surface area contributed by atoms with Crippen LogP contribution in [0.5, 0.6) is 0 Å². The highest BCUT2D eigenvalue weighted by Crippen LogP contribution is 2.52. The first-order valence-electron chi connectivity index (χ1n) is 19.6. The normalized spacial score (nSPS) is 20.3. The van der Waals surface area contributed by atoms with E-state index in [2.05, 4.69) is 45.4 Å². The summed E-state index contributed by atoms with van der Waals surface area (Å²) in [4.78, 5) is 51.5. The maximum atomic E-state index is 15.4. The van der Waals surface area contributed by atoms with Gasteiger partial charge in [-0.15, -0.1) is 0 Å². The average Bonchev–Trinajstić information content (AvgIpc) is 3.17. The Bertz CT molecular complexity index is 2060. The van der Waals surface area contributed by atoms with E-state index >= 15 is 9.59 Å². The van der Waals surface area contributed by atoms with Crippen molar-refractivity contribution in [1.29, 1.82) is 0 Å². The van der Waals surface area contributed by atoms with Gasteiger partial charge >= 0.3 is 5.97 Å². The Morgan fingerprint density at radius 2 is 1.50 bits per heavy atom. The number of amides is 1. The van der Waals surface area contributed by atoms with Gasteiger partial charge in [-0.25, -0.2) is 4.79 Å². The van der Waals surface area contributed by atoms with Gasteiger partial charge in [-0.1, -0.05) is 124 Å². The summed E-state index contributed by atoms with van der Waals surface area (Å²) < 4.78 is 13.0. The number of allylic oxidation sites excluding steroid dienone is 1. The lowest BCUT2D eigenvalue weighted by molar-refractivity contribution is -0.162. The molecule has 4 aromatic rings. The van der Waals surface area contributed by atoms with Crippen LogP contribution in [0, 0.1) is 18.8 Å². The predicted molar refractivity (Wildman–Crippen MR) is 232 cm³/mol. The molecule has 0 bridgehead atoms. The number of ketones is 1. The number of β-lactam (4-membered cyclic amide) rings is 1. The van der Waals surface area contributed by atoms with Gasteiger partial charge in [0.05, 0.1) is 18.1 Å². The third kappa shape index (κ3) is 7.84. The smallest absolute Gasteiger partial charge is 0.356 e. The van der Waals surface area contributed by atoms with Crippen molar-refractivity contribution in [3.63, 3.8) is 0 Å². The Labute approximate surface area is 334 Å². The number of Topliss-reactive ketones (excluding diaryl/α,β-unsaturated/α-hetero) is 1. The molecule has 9 heteroatoms. The summed E-state index contributed by atoms with van der Waals surface area (Å²) in [5.41, 5.74) is 2.76. The molecule has 0 spiro atoms. The van der Waals surface area contributed by atoms with Crippen molar-refractivity contribution in [2.24, 2.45) is 11.8 Å². The Balaban J connectivity index is 1.66. The van der Waals surface area contributed by atoms with E-state index in [1.807, 2.05) is 123 Å². The number of rotatable bonds is 12. The second-order valence-corrected chi connectivity index (χ2v) is 24.5. The summed E-state index contributed by atoms with van der Waals surface area (Å²) in [6.45, 7) is 15.4. The van der Waals surface area contributed by atoms with Gasteiger partial charge in [-0.2, -0.15) is 0 Å². The monoisotopic (exact) mass is 786 g/mol. The molecule has 1 aromatic heterocycles. The number of ether oxygens (including phenoxy) is 1. The fraction of sp³-hybridized carbons (Fsp3) is 0.340. The SMILES string of the molecule is C=CCOC(=O)C(N1C(=O)[C@H]([C@@H](C)O[Si](C)(C)C(C)(C)C)[C@H]1[C@H]1CCC/C(=C\c2ccnc(C)c2)C1=O)=P(c1ccccc1)(c1ccccc1)c1ccccc1. The van der Waals surface area contributed by atoms with Gasteiger partial charge in [-0.3, -0.25) is 14.6 Å². The van der Waals surface area contributed by atoms with Gasteiger partial charge in [0, 0.05) is 24.7 Å². The number of esters is 1. The summed E-state index contributed by atoms with van der Waals surface area (Å²) in [7, 11) is -2.37. The van der Waals surface area contributed by atoms with Gasteiger partial charge in [0.25, 0.3) is 0 Å². The molecule has 1 saturated heterocycles. The van der Waals surface area contributed by atoms with E-state index in [-0.39, 0.29) is 28.8 Å². The third-order valence-electron chi connectivity index (χ3n) is 11.8. The molecule has 6 rings (SSSR count). The standard InChI is InChI=1S/C47H55N2O5PSi/c1-9-30-53-46(52)45(55(37-21-13-10-14-22-37,38-23-15-11-16-24-38)39-25-17-12-18-26-39)49-42(41(44(49)51)34(3)54-56(7,8)47(4,5)6)40-27-19-20-36(43(40)50)32-35-28-29-48-33(2)31-35/h9-18,21-26,28-29,31-32,34,40-42H,1,19-20,27,30H2,2-8H3/b36-32+/t34-,40-,41-,42-/m1/s1. The molecule has 56 heavy (non-hydrogen) atoms. The summed E-state index contributed by atoms with van der Waals surface area (Å²) in [6, 6.07) is 33.2. The topological polar surface area (TPSA) is 85.8 Å². The highest BCUT2D eigenvalue weighted by molar-refractivity contribution is 7.96. The van der Waals surface area contributed by atoms with Gasteiger partial charge in [0.15, 0.2) is 14.1 Å². The highest BCUT2D eigenvalue weighted by atomic mass is 31.2. The van der Waals surface area contributed by atoms with Crippen LogP contribution in [0.25, 0.3) is 6.08 Å². The molecular weight excluding hydrogens is 732 g/mol. The maximum absolute atomic E-state index is 15.4. The largest absolute Gasteiger partial charge is 0.457 e. The zero-order valence-corrected chi connectivity index (χ0v) is 35.7. The second-order valence-electron chi connectivity index (χ2n) is 16.5. The molecule has 0 radical (unpaired) electrons. The zero-order chi connectivity index (χ0) is 40.3. The molecule has 7 nitrogen and oxygen atoms in total. The number of carbonyl (C=O) groups is 3. The summed E-state index contributed by atoms with van der Waals surface area (Å²) >= 11 is 0. The van der Waals surface area contributed by atoms with Crippen molar-refractivity contribution in [1.82, 2.24) is 9.88 Å². The number of likely N-dealkylation sites (tertiary alicyclic amines) is 1. The number of nitrogens with zero attached hydrogens (tertiary/aromatic N) is 2. The maximum Gasteiger partial charge on any atom is 0.356 e. The molecule has 2 aliphatic rings. The quantitative estimate of drug-likeness (QED) is 0.0360. The molecule has 2 fully saturated rings. The van der Waals surface area contributed by atoms with Gasteiger partial charge in [0.1, 0.15) is 12.0 Å². The lowest BCUT2D eigenvalue weighted by Gasteiger charge is -2.55. The van der Waals surface area contributed by atoms with E-state index in [9.17, 15) is 4.79 Å². The number of pyridine rings is 1. The van der Waals surface area contributed by atoms with Crippen LogP contribution < -0.4 is 15.9 Å². The molecule has 1 saturated carbocycles. The molecule has 1 aliphatic heterocycles. The molecule has 2 heterocycles. The van der Waals surface area contributed by atoms with Crippen LogP contribution in [-0.4, -0.2) is 60.0 Å². The average molecular weight is 787 g/mol. The van der Waals surface area contributed by atoms with E-state index in [1.54, 1.807) is 17.2 Å². The fourth-order valence-electron chi connectivity index (χ4n) is 8.10. The second kappa shape index (κ2) is 16.8. The highest BCUT2D eigenvalue weighted by Gasteiger charge is 2.60. The van der Waals surface area contributed by atoms with Crippen LogP contribution in [0.4, 0.5) is 0 Å². The third-order valence-corrected chi connectivity index (χ3v) is 20.6. The van der Waals surface area contributed by atoms with Crippen molar-refractivity contribution in [3.05, 3.63) is 139 Å². The summed E-state index contributed by atoms with van der Waals surface area (Å²) in [5.74, 6) is -2.06. The molecular formula is C47H55N2O5PSi.